The molecule has 0 bridgehead atoms. The maximum atomic E-state index is 11.7. The van der Waals surface area contributed by atoms with E-state index in [1.165, 1.54) is 0 Å². The molecule has 142 valence electrons. The number of hydrogen-bond donors (Lipinski definition) is 2. The number of nitrogens with zero attached hydrogens (tertiary/aromatic N) is 2. The lowest BCUT2D eigenvalue weighted by atomic mass is 10.3. The van der Waals surface area contributed by atoms with Crippen LogP contribution in [-0.4, -0.2) is 75.9 Å². The van der Waals surface area contributed by atoms with E-state index in [0.29, 0.717) is 25.2 Å². The number of carbonyl (C=O) groups excluding carboxylic acids is 1. The first-order valence-corrected chi connectivity index (χ1v) is 8.47. The summed E-state index contributed by atoms with van der Waals surface area (Å²) in [5.74, 6) is 0.665. The average Bonchev–Trinajstić information content (AvgIpc) is 3.04. The van der Waals surface area contributed by atoms with Gasteiger partial charge in [-0.2, -0.15) is 0 Å². The maximum Gasteiger partial charge on any atom is 0.243 e. The number of likely N-dealkylation sites (N-methyl/N-ethyl adjacent to an activating group) is 1. The fourth-order valence-electron chi connectivity index (χ4n) is 1.95. The number of aliphatic imine (C=N–C) groups is 1. The van der Waals surface area contributed by atoms with Gasteiger partial charge in [0.25, 0.3) is 0 Å². The summed E-state index contributed by atoms with van der Waals surface area (Å²) in [5.41, 5.74) is 0. The highest BCUT2D eigenvalue weighted by molar-refractivity contribution is 14.0. The first-order valence-electron chi connectivity index (χ1n) is 8.47. The summed E-state index contributed by atoms with van der Waals surface area (Å²) in [6.45, 7) is 7.32. The van der Waals surface area contributed by atoms with E-state index in [4.69, 9.17) is 9.47 Å². The van der Waals surface area contributed by atoms with Gasteiger partial charge in [0.2, 0.25) is 5.91 Å². The molecule has 1 fully saturated rings. The van der Waals surface area contributed by atoms with Crippen LogP contribution in [0.2, 0.25) is 0 Å². The minimum atomic E-state index is -0.0141. The van der Waals surface area contributed by atoms with Crippen molar-refractivity contribution in [1.29, 1.82) is 0 Å². The van der Waals surface area contributed by atoms with E-state index in [1.54, 1.807) is 19.0 Å². The number of rotatable bonds is 9. The predicted octanol–water partition coefficient (Wildman–Crippen LogP) is 1.22. The Labute approximate surface area is 162 Å². The lowest BCUT2D eigenvalue weighted by Gasteiger charge is -2.18. The second kappa shape index (κ2) is 13.7. The molecular formula is C16H33IN4O3. The van der Waals surface area contributed by atoms with Crippen LogP contribution in [0, 0.1) is 0 Å². The van der Waals surface area contributed by atoms with Crippen molar-refractivity contribution < 1.29 is 14.3 Å². The standard InChI is InChI=1S/C16H32N4O3.HI/c1-5-13(2)19-16(18-11-15(21)20(3)4)17-8-6-9-23-14-7-10-22-12-14;/h13-14H,5-12H2,1-4H3,(H2,17,18,19);1H. The van der Waals surface area contributed by atoms with Crippen LogP contribution in [0.5, 0.6) is 0 Å². The smallest absolute Gasteiger partial charge is 0.243 e. The highest BCUT2D eigenvalue weighted by atomic mass is 127. The van der Waals surface area contributed by atoms with Crippen LogP contribution >= 0.6 is 24.0 Å². The Bertz CT molecular complexity index is 374. The zero-order chi connectivity index (χ0) is 17.1. The third-order valence-corrected chi connectivity index (χ3v) is 3.72. The summed E-state index contributed by atoms with van der Waals surface area (Å²) < 4.78 is 11.0. The average molecular weight is 456 g/mol. The second-order valence-corrected chi connectivity index (χ2v) is 6.04. The van der Waals surface area contributed by atoms with E-state index in [0.717, 1.165) is 32.4 Å². The van der Waals surface area contributed by atoms with Crippen molar-refractivity contribution in [2.24, 2.45) is 4.99 Å². The molecular weight excluding hydrogens is 423 g/mol. The largest absolute Gasteiger partial charge is 0.379 e. The van der Waals surface area contributed by atoms with Gasteiger partial charge in [-0.3, -0.25) is 4.79 Å². The van der Waals surface area contributed by atoms with Crippen LogP contribution in [0.4, 0.5) is 0 Å². The molecule has 0 aliphatic carbocycles. The topological polar surface area (TPSA) is 75.2 Å². The van der Waals surface area contributed by atoms with E-state index in [2.05, 4.69) is 29.5 Å². The van der Waals surface area contributed by atoms with Crippen molar-refractivity contribution in [2.45, 2.75) is 45.3 Å². The molecule has 8 heteroatoms. The van der Waals surface area contributed by atoms with E-state index in [-0.39, 0.29) is 42.5 Å². The normalized spacial score (nSPS) is 18.7. The van der Waals surface area contributed by atoms with Crippen LogP contribution in [0.1, 0.15) is 33.1 Å². The number of carbonyl (C=O) groups is 1. The van der Waals surface area contributed by atoms with Crippen LogP contribution in [-0.2, 0) is 14.3 Å². The second-order valence-electron chi connectivity index (χ2n) is 6.04. The van der Waals surface area contributed by atoms with Gasteiger partial charge in [-0.1, -0.05) is 6.92 Å². The minimum Gasteiger partial charge on any atom is -0.379 e. The van der Waals surface area contributed by atoms with Gasteiger partial charge < -0.3 is 25.0 Å². The monoisotopic (exact) mass is 456 g/mol. The number of ether oxygens (including phenoxy) is 2. The Morgan fingerprint density at radius 1 is 1.46 bits per heavy atom. The van der Waals surface area contributed by atoms with Crippen LogP contribution < -0.4 is 10.6 Å². The molecule has 1 amide bonds. The third kappa shape index (κ3) is 10.3. The molecule has 0 aromatic heterocycles. The molecule has 7 nitrogen and oxygen atoms in total. The van der Waals surface area contributed by atoms with Crippen molar-refractivity contribution in [2.75, 3.05) is 47.0 Å². The lowest BCUT2D eigenvalue weighted by Crippen LogP contribution is -2.43. The van der Waals surface area contributed by atoms with Crippen molar-refractivity contribution in [3.8, 4) is 0 Å². The highest BCUT2D eigenvalue weighted by Crippen LogP contribution is 2.07. The Morgan fingerprint density at radius 2 is 2.21 bits per heavy atom. The fourth-order valence-corrected chi connectivity index (χ4v) is 1.95. The quantitative estimate of drug-likeness (QED) is 0.236. The molecule has 1 saturated heterocycles. The van der Waals surface area contributed by atoms with Crippen molar-refractivity contribution in [3.63, 3.8) is 0 Å². The summed E-state index contributed by atoms with van der Waals surface area (Å²) in [5, 5.41) is 6.56. The minimum absolute atomic E-state index is 0. The van der Waals surface area contributed by atoms with Gasteiger partial charge in [-0.25, -0.2) is 4.99 Å². The van der Waals surface area contributed by atoms with Gasteiger partial charge in [-0.05, 0) is 26.2 Å². The van der Waals surface area contributed by atoms with Crippen LogP contribution in [0.15, 0.2) is 4.99 Å². The molecule has 0 radical (unpaired) electrons. The summed E-state index contributed by atoms with van der Waals surface area (Å²) >= 11 is 0. The number of guanidine groups is 1. The molecule has 2 unspecified atom stereocenters. The molecule has 1 heterocycles. The Hall–Kier alpha value is -0.610. The first kappa shape index (κ1) is 23.4. The molecule has 1 rings (SSSR count). The molecule has 0 spiro atoms. The van der Waals surface area contributed by atoms with E-state index in [1.807, 2.05) is 0 Å². The van der Waals surface area contributed by atoms with Crippen molar-refractivity contribution >= 4 is 35.8 Å². The number of halogens is 1. The third-order valence-electron chi connectivity index (χ3n) is 3.72. The molecule has 24 heavy (non-hydrogen) atoms. The number of nitrogens with one attached hydrogen (secondary N) is 2. The molecule has 0 aromatic rings. The maximum absolute atomic E-state index is 11.7. The van der Waals surface area contributed by atoms with E-state index in [9.17, 15) is 4.79 Å². The van der Waals surface area contributed by atoms with Gasteiger partial charge >= 0.3 is 0 Å². The molecule has 0 saturated carbocycles. The molecule has 1 aliphatic rings. The molecule has 2 N–H and O–H groups in total. The number of hydrogen-bond acceptors (Lipinski definition) is 4. The van der Waals surface area contributed by atoms with Gasteiger partial charge in [-0.15, -0.1) is 24.0 Å². The summed E-state index contributed by atoms with van der Waals surface area (Å²) in [7, 11) is 3.47. The zero-order valence-corrected chi connectivity index (χ0v) is 17.7. The summed E-state index contributed by atoms with van der Waals surface area (Å²) in [6, 6.07) is 0.308. The van der Waals surface area contributed by atoms with Gasteiger partial charge in [0.15, 0.2) is 5.96 Å². The number of amides is 1. The SMILES string of the molecule is CCC(C)NC(=NCC(=O)N(C)C)NCCCOC1CCOC1.I. The van der Waals surface area contributed by atoms with E-state index < -0.39 is 0 Å². The van der Waals surface area contributed by atoms with E-state index >= 15 is 0 Å². The summed E-state index contributed by atoms with van der Waals surface area (Å²) in [6.07, 6.45) is 3.12. The van der Waals surface area contributed by atoms with Crippen LogP contribution in [0.3, 0.4) is 0 Å². The van der Waals surface area contributed by atoms with Crippen LogP contribution in [0.25, 0.3) is 0 Å². The van der Waals surface area contributed by atoms with Crippen molar-refractivity contribution in [3.05, 3.63) is 0 Å². The van der Waals surface area contributed by atoms with Gasteiger partial charge in [0.05, 0.1) is 12.7 Å². The lowest BCUT2D eigenvalue weighted by molar-refractivity contribution is -0.127. The zero-order valence-electron chi connectivity index (χ0n) is 15.3. The Morgan fingerprint density at radius 3 is 2.79 bits per heavy atom. The van der Waals surface area contributed by atoms with Gasteiger partial charge in [0.1, 0.15) is 6.54 Å². The highest BCUT2D eigenvalue weighted by Gasteiger charge is 2.15. The summed E-state index contributed by atoms with van der Waals surface area (Å²) in [4.78, 5) is 17.6. The molecule has 1 aliphatic heterocycles. The fraction of sp³-hybridized carbons (Fsp3) is 0.875. The molecule has 0 aromatic carbocycles. The van der Waals surface area contributed by atoms with Gasteiger partial charge in [0, 0.05) is 39.9 Å². The predicted molar refractivity (Wildman–Crippen MR) is 107 cm³/mol. The Balaban J connectivity index is 0.00000529. The first-order chi connectivity index (χ1) is 11.0. The molecule has 2 atom stereocenters. The van der Waals surface area contributed by atoms with Crippen molar-refractivity contribution in [1.82, 2.24) is 15.5 Å². The Kier molecular flexibility index (Phi) is 13.3.